The summed E-state index contributed by atoms with van der Waals surface area (Å²) in [5.41, 5.74) is 1.21. The van der Waals surface area contributed by atoms with Gasteiger partial charge < -0.3 is 5.11 Å². The number of rotatable bonds is 10. The number of hydrogen-bond donors (Lipinski definition) is 1. The van der Waals surface area contributed by atoms with Gasteiger partial charge in [0.1, 0.15) is 0 Å². The molecule has 1 nitrogen and oxygen atoms in total. The van der Waals surface area contributed by atoms with Crippen LogP contribution in [0.15, 0.2) is 24.3 Å². The monoisotopic (exact) mass is 252 g/mol. The highest BCUT2D eigenvalue weighted by molar-refractivity contribution is 5.00. The van der Waals surface area contributed by atoms with Gasteiger partial charge in [-0.1, -0.05) is 57.3 Å². The van der Waals surface area contributed by atoms with Gasteiger partial charge in [-0.25, -0.2) is 0 Å². The average Bonchev–Trinajstić information content (AvgIpc) is 2.33. The van der Waals surface area contributed by atoms with Crippen molar-refractivity contribution in [1.29, 1.82) is 0 Å². The van der Waals surface area contributed by atoms with E-state index in [0.29, 0.717) is 0 Å². The Labute approximate surface area is 114 Å². The molecule has 0 aliphatic carbocycles. The van der Waals surface area contributed by atoms with E-state index >= 15 is 0 Å². The summed E-state index contributed by atoms with van der Waals surface area (Å²) < 4.78 is 0. The van der Waals surface area contributed by atoms with Crippen molar-refractivity contribution in [3.63, 3.8) is 0 Å². The summed E-state index contributed by atoms with van der Waals surface area (Å²) in [6.07, 6.45) is 11.7. The molecule has 0 aromatic rings. The van der Waals surface area contributed by atoms with Gasteiger partial charge in [-0.05, 0) is 33.1 Å². The minimum absolute atomic E-state index is 0.141. The molecule has 0 amide bonds. The fourth-order valence-electron chi connectivity index (χ4n) is 2.17. The number of aliphatic hydroxyl groups is 1. The summed E-state index contributed by atoms with van der Waals surface area (Å²) in [5.74, 6) is 0. The van der Waals surface area contributed by atoms with E-state index in [1.54, 1.807) is 0 Å². The smallest absolute Gasteiger partial charge is 0.0628 e. The second-order valence-corrected chi connectivity index (χ2v) is 5.90. The largest absolute Gasteiger partial charge is 0.392 e. The van der Waals surface area contributed by atoms with Gasteiger partial charge in [-0.2, -0.15) is 0 Å². The van der Waals surface area contributed by atoms with Crippen LogP contribution in [0.4, 0.5) is 0 Å². The van der Waals surface area contributed by atoms with E-state index in [-0.39, 0.29) is 11.5 Å². The third kappa shape index (κ3) is 7.00. The van der Waals surface area contributed by atoms with Gasteiger partial charge in [0.15, 0.2) is 0 Å². The average molecular weight is 252 g/mol. The van der Waals surface area contributed by atoms with Crippen molar-refractivity contribution in [3.8, 4) is 0 Å². The molecular formula is C17H32O. The van der Waals surface area contributed by atoms with Crippen LogP contribution in [-0.4, -0.2) is 11.2 Å². The van der Waals surface area contributed by atoms with Gasteiger partial charge in [0.2, 0.25) is 0 Å². The van der Waals surface area contributed by atoms with Crippen molar-refractivity contribution in [1.82, 2.24) is 0 Å². The SMILES string of the molecule is C=C[C@@](C)(CCC=C(C)C)[C@@H](O)CCCCCC. The van der Waals surface area contributed by atoms with Crippen LogP contribution in [0, 0.1) is 5.41 Å². The Hall–Kier alpha value is -0.560. The highest BCUT2D eigenvalue weighted by atomic mass is 16.3. The fourth-order valence-corrected chi connectivity index (χ4v) is 2.17. The van der Waals surface area contributed by atoms with E-state index in [4.69, 9.17) is 0 Å². The molecule has 0 aromatic heterocycles. The van der Waals surface area contributed by atoms with Crippen LogP contribution in [0.3, 0.4) is 0 Å². The highest BCUT2D eigenvalue weighted by Crippen LogP contribution is 2.32. The van der Waals surface area contributed by atoms with Crippen molar-refractivity contribution >= 4 is 0 Å². The molecule has 0 aliphatic rings. The quantitative estimate of drug-likeness (QED) is 0.415. The molecule has 1 heteroatoms. The van der Waals surface area contributed by atoms with Crippen molar-refractivity contribution in [3.05, 3.63) is 24.3 Å². The highest BCUT2D eigenvalue weighted by Gasteiger charge is 2.28. The fraction of sp³-hybridized carbons (Fsp3) is 0.765. The summed E-state index contributed by atoms with van der Waals surface area (Å²) in [4.78, 5) is 0. The Morgan fingerprint density at radius 1 is 1.28 bits per heavy atom. The van der Waals surface area contributed by atoms with E-state index in [9.17, 15) is 5.11 Å². The first-order valence-corrected chi connectivity index (χ1v) is 7.41. The van der Waals surface area contributed by atoms with E-state index in [1.807, 2.05) is 6.08 Å². The first-order chi connectivity index (χ1) is 8.46. The molecule has 0 saturated heterocycles. The molecule has 0 aromatic carbocycles. The lowest BCUT2D eigenvalue weighted by atomic mass is 9.78. The van der Waals surface area contributed by atoms with Crippen molar-refractivity contribution in [2.75, 3.05) is 0 Å². The zero-order valence-corrected chi connectivity index (χ0v) is 12.8. The maximum Gasteiger partial charge on any atom is 0.0628 e. The number of unbranched alkanes of at least 4 members (excludes halogenated alkanes) is 3. The summed E-state index contributed by atoms with van der Waals surface area (Å²) >= 11 is 0. The molecule has 0 rings (SSSR count). The first-order valence-electron chi connectivity index (χ1n) is 7.41. The second kappa shape index (κ2) is 9.38. The Kier molecular flexibility index (Phi) is 9.09. The van der Waals surface area contributed by atoms with Crippen LogP contribution in [0.5, 0.6) is 0 Å². The summed E-state index contributed by atoms with van der Waals surface area (Å²) in [6, 6.07) is 0. The van der Waals surface area contributed by atoms with E-state index < -0.39 is 0 Å². The zero-order chi connectivity index (χ0) is 14.0. The van der Waals surface area contributed by atoms with E-state index in [0.717, 1.165) is 25.7 Å². The van der Waals surface area contributed by atoms with Crippen LogP contribution in [-0.2, 0) is 0 Å². The molecule has 18 heavy (non-hydrogen) atoms. The molecule has 0 heterocycles. The van der Waals surface area contributed by atoms with Crippen molar-refractivity contribution in [2.45, 2.75) is 78.7 Å². The summed E-state index contributed by atoms with van der Waals surface area (Å²) in [7, 11) is 0. The summed E-state index contributed by atoms with van der Waals surface area (Å²) in [6.45, 7) is 12.5. The first kappa shape index (κ1) is 17.4. The second-order valence-electron chi connectivity index (χ2n) is 5.90. The molecule has 0 bridgehead atoms. The Bertz CT molecular complexity index is 250. The molecule has 0 spiro atoms. The molecule has 0 saturated carbocycles. The van der Waals surface area contributed by atoms with Crippen molar-refractivity contribution in [2.24, 2.45) is 5.41 Å². The van der Waals surface area contributed by atoms with E-state index in [1.165, 1.54) is 24.8 Å². The molecule has 0 aliphatic heterocycles. The molecular weight excluding hydrogens is 220 g/mol. The van der Waals surface area contributed by atoms with Gasteiger partial charge in [0.05, 0.1) is 6.10 Å². The van der Waals surface area contributed by atoms with Gasteiger partial charge in [0.25, 0.3) is 0 Å². The van der Waals surface area contributed by atoms with Crippen LogP contribution >= 0.6 is 0 Å². The Morgan fingerprint density at radius 3 is 2.44 bits per heavy atom. The Morgan fingerprint density at radius 2 is 1.94 bits per heavy atom. The molecule has 0 radical (unpaired) electrons. The minimum Gasteiger partial charge on any atom is -0.392 e. The summed E-state index contributed by atoms with van der Waals surface area (Å²) in [5, 5.41) is 10.3. The lowest BCUT2D eigenvalue weighted by Crippen LogP contribution is -2.30. The minimum atomic E-state index is -0.252. The van der Waals surface area contributed by atoms with E-state index in [2.05, 4.69) is 40.3 Å². The molecule has 106 valence electrons. The van der Waals surface area contributed by atoms with Crippen LogP contribution in [0.25, 0.3) is 0 Å². The van der Waals surface area contributed by atoms with Crippen molar-refractivity contribution < 1.29 is 5.11 Å². The number of hydrogen-bond acceptors (Lipinski definition) is 1. The molecule has 2 atom stereocenters. The Balaban J connectivity index is 4.16. The lowest BCUT2D eigenvalue weighted by Gasteiger charge is -2.31. The lowest BCUT2D eigenvalue weighted by molar-refractivity contribution is 0.0553. The third-order valence-corrected chi connectivity index (χ3v) is 3.79. The molecule has 1 N–H and O–H groups in total. The topological polar surface area (TPSA) is 20.2 Å². The van der Waals surface area contributed by atoms with Gasteiger partial charge in [0, 0.05) is 5.41 Å². The van der Waals surface area contributed by atoms with Crippen LogP contribution < -0.4 is 0 Å². The third-order valence-electron chi connectivity index (χ3n) is 3.79. The van der Waals surface area contributed by atoms with Crippen LogP contribution in [0.1, 0.15) is 72.6 Å². The molecule has 0 fully saturated rings. The standard InChI is InChI=1S/C17H32O/c1-6-8-9-10-13-16(18)17(5,7-2)14-11-12-15(3)4/h7,12,16,18H,2,6,8-11,13-14H2,1,3-5H3/t16-,17-/m0/s1. The normalized spacial score (nSPS) is 15.8. The number of allylic oxidation sites excluding steroid dienone is 2. The predicted octanol–water partition coefficient (Wildman–Crippen LogP) is 5.26. The predicted molar refractivity (Wildman–Crippen MR) is 81.7 cm³/mol. The maximum atomic E-state index is 10.3. The number of aliphatic hydroxyl groups excluding tert-OH is 1. The van der Waals surface area contributed by atoms with Crippen LogP contribution in [0.2, 0.25) is 0 Å². The maximum absolute atomic E-state index is 10.3. The van der Waals surface area contributed by atoms with Gasteiger partial charge in [-0.15, -0.1) is 6.58 Å². The van der Waals surface area contributed by atoms with Gasteiger partial charge in [-0.3, -0.25) is 0 Å². The zero-order valence-electron chi connectivity index (χ0n) is 12.8. The van der Waals surface area contributed by atoms with Gasteiger partial charge >= 0.3 is 0 Å². The molecule has 0 unspecified atom stereocenters.